The van der Waals surface area contributed by atoms with Crippen molar-refractivity contribution in [2.75, 3.05) is 10.6 Å². The van der Waals surface area contributed by atoms with Crippen LogP contribution < -0.4 is 10.6 Å². The van der Waals surface area contributed by atoms with Gasteiger partial charge >= 0.3 is 0 Å². The average Bonchev–Trinajstić information content (AvgIpc) is 2.85. The van der Waals surface area contributed by atoms with E-state index in [1.807, 2.05) is 0 Å². The molecule has 0 bridgehead atoms. The van der Waals surface area contributed by atoms with Crippen LogP contribution in [0.5, 0.6) is 0 Å². The molecule has 1 amide bonds. The van der Waals surface area contributed by atoms with E-state index in [0.717, 1.165) is 0 Å². The van der Waals surface area contributed by atoms with E-state index >= 15 is 0 Å². The molecular formula is C12H11Cl2N3OS. The molecule has 100 valence electrons. The lowest BCUT2D eigenvalue weighted by atomic mass is 10.2. The van der Waals surface area contributed by atoms with Crippen molar-refractivity contribution in [1.29, 1.82) is 0 Å². The van der Waals surface area contributed by atoms with Crippen LogP contribution >= 0.6 is 34.5 Å². The largest absolute Gasteiger partial charge is 0.373 e. The summed E-state index contributed by atoms with van der Waals surface area (Å²) in [5.74, 6) is -0.180. The van der Waals surface area contributed by atoms with Crippen LogP contribution in [0.3, 0.4) is 0 Å². The fourth-order valence-electron chi connectivity index (χ4n) is 1.40. The summed E-state index contributed by atoms with van der Waals surface area (Å²) in [4.78, 5) is 15.9. The number of thiazole rings is 1. The summed E-state index contributed by atoms with van der Waals surface area (Å²) in [6.45, 7) is 1.74. The number of aromatic nitrogens is 1. The number of benzene rings is 1. The van der Waals surface area contributed by atoms with Crippen molar-refractivity contribution >= 4 is 51.3 Å². The fraction of sp³-hybridized carbons (Fsp3) is 0.167. The summed E-state index contributed by atoms with van der Waals surface area (Å²) < 4.78 is 0. The zero-order chi connectivity index (χ0) is 13.8. The molecule has 1 aromatic carbocycles. The Hall–Kier alpha value is -1.30. The molecule has 2 N–H and O–H groups in total. The Bertz CT molecular complexity index is 574. The quantitative estimate of drug-likeness (QED) is 0.900. The SMILES string of the molecule is CC(Nc1ccc(Cl)cc1Cl)C(=O)Nc1nccs1. The molecule has 4 nitrogen and oxygen atoms in total. The number of anilines is 2. The monoisotopic (exact) mass is 315 g/mol. The molecule has 1 atom stereocenters. The number of hydrogen-bond acceptors (Lipinski definition) is 4. The van der Waals surface area contributed by atoms with Gasteiger partial charge in [-0.05, 0) is 25.1 Å². The van der Waals surface area contributed by atoms with Gasteiger partial charge in [0.05, 0.1) is 10.7 Å². The normalized spacial score (nSPS) is 11.9. The number of nitrogens with zero attached hydrogens (tertiary/aromatic N) is 1. The van der Waals surface area contributed by atoms with E-state index in [4.69, 9.17) is 23.2 Å². The van der Waals surface area contributed by atoms with Gasteiger partial charge in [0, 0.05) is 16.6 Å². The number of carbonyl (C=O) groups excluding carboxylic acids is 1. The number of hydrogen-bond donors (Lipinski definition) is 2. The van der Waals surface area contributed by atoms with Crippen LogP contribution in [0.1, 0.15) is 6.92 Å². The fourth-order valence-corrected chi connectivity index (χ4v) is 2.40. The molecule has 7 heteroatoms. The number of carbonyl (C=O) groups is 1. The van der Waals surface area contributed by atoms with Gasteiger partial charge in [0.25, 0.3) is 0 Å². The molecule has 0 aliphatic carbocycles. The van der Waals surface area contributed by atoms with Crippen molar-refractivity contribution < 1.29 is 4.79 Å². The Morgan fingerprint density at radius 2 is 2.21 bits per heavy atom. The molecular weight excluding hydrogens is 305 g/mol. The molecule has 1 aromatic heterocycles. The van der Waals surface area contributed by atoms with Gasteiger partial charge in [-0.25, -0.2) is 4.98 Å². The van der Waals surface area contributed by atoms with Crippen molar-refractivity contribution in [2.45, 2.75) is 13.0 Å². The van der Waals surface area contributed by atoms with Crippen LogP contribution in [0.2, 0.25) is 10.0 Å². The van der Waals surface area contributed by atoms with Crippen molar-refractivity contribution in [1.82, 2.24) is 4.98 Å². The molecule has 0 aliphatic heterocycles. The highest BCUT2D eigenvalue weighted by Crippen LogP contribution is 2.26. The third kappa shape index (κ3) is 3.83. The van der Waals surface area contributed by atoms with E-state index < -0.39 is 6.04 Å². The second-order valence-electron chi connectivity index (χ2n) is 3.82. The molecule has 1 unspecified atom stereocenters. The zero-order valence-corrected chi connectivity index (χ0v) is 12.3. The first-order valence-corrected chi connectivity index (χ1v) is 7.12. The Balaban J connectivity index is 2.00. The topological polar surface area (TPSA) is 54.0 Å². The maximum Gasteiger partial charge on any atom is 0.248 e. The maximum atomic E-state index is 11.9. The van der Waals surface area contributed by atoms with Gasteiger partial charge in [0.15, 0.2) is 5.13 Å². The Morgan fingerprint density at radius 3 is 2.84 bits per heavy atom. The lowest BCUT2D eigenvalue weighted by Crippen LogP contribution is -2.31. The van der Waals surface area contributed by atoms with E-state index in [9.17, 15) is 4.79 Å². The first kappa shape index (κ1) is 14.1. The summed E-state index contributed by atoms with van der Waals surface area (Å²) in [5, 5.41) is 9.12. The lowest BCUT2D eigenvalue weighted by Gasteiger charge is -2.15. The van der Waals surface area contributed by atoms with E-state index in [2.05, 4.69) is 15.6 Å². The van der Waals surface area contributed by atoms with Crippen LogP contribution in [0.25, 0.3) is 0 Å². The van der Waals surface area contributed by atoms with Crippen molar-refractivity contribution in [3.05, 3.63) is 39.8 Å². The highest BCUT2D eigenvalue weighted by Gasteiger charge is 2.15. The van der Waals surface area contributed by atoms with Crippen molar-refractivity contribution in [3.63, 3.8) is 0 Å². The standard InChI is InChI=1S/C12H11Cl2N3OS/c1-7(11(18)17-12-15-4-5-19-12)16-10-3-2-8(13)6-9(10)14/h2-7,16H,1H3,(H,15,17,18). The summed E-state index contributed by atoms with van der Waals surface area (Å²) >= 11 is 13.2. The summed E-state index contributed by atoms with van der Waals surface area (Å²) in [5.41, 5.74) is 0.660. The number of nitrogens with one attached hydrogen (secondary N) is 2. The van der Waals surface area contributed by atoms with Gasteiger partial charge in [-0.3, -0.25) is 4.79 Å². The minimum atomic E-state index is -0.442. The Labute approximate surface area is 124 Å². The van der Waals surface area contributed by atoms with Gasteiger partial charge in [-0.2, -0.15) is 0 Å². The Kier molecular flexibility index (Phi) is 4.63. The van der Waals surface area contributed by atoms with E-state index in [0.29, 0.717) is 20.9 Å². The van der Waals surface area contributed by atoms with Crippen LogP contribution in [-0.4, -0.2) is 16.9 Å². The highest BCUT2D eigenvalue weighted by molar-refractivity contribution is 7.13. The third-order valence-electron chi connectivity index (χ3n) is 2.36. The molecule has 0 fully saturated rings. The highest BCUT2D eigenvalue weighted by atomic mass is 35.5. The first-order valence-electron chi connectivity index (χ1n) is 5.48. The smallest absolute Gasteiger partial charge is 0.248 e. The molecule has 19 heavy (non-hydrogen) atoms. The van der Waals surface area contributed by atoms with Gasteiger partial charge in [-0.1, -0.05) is 23.2 Å². The summed E-state index contributed by atoms with van der Waals surface area (Å²) in [7, 11) is 0. The van der Waals surface area contributed by atoms with E-state index in [1.54, 1.807) is 36.7 Å². The number of amides is 1. The van der Waals surface area contributed by atoms with E-state index in [1.165, 1.54) is 11.3 Å². The second-order valence-corrected chi connectivity index (χ2v) is 5.55. The van der Waals surface area contributed by atoms with Gasteiger partial charge < -0.3 is 10.6 Å². The van der Waals surface area contributed by atoms with Crippen LogP contribution in [0, 0.1) is 0 Å². The van der Waals surface area contributed by atoms with Gasteiger partial charge in [-0.15, -0.1) is 11.3 Å². The molecule has 0 spiro atoms. The molecule has 1 heterocycles. The lowest BCUT2D eigenvalue weighted by molar-refractivity contribution is -0.116. The molecule has 2 rings (SSSR count). The average molecular weight is 316 g/mol. The van der Waals surface area contributed by atoms with Crippen molar-refractivity contribution in [3.8, 4) is 0 Å². The molecule has 0 radical (unpaired) electrons. The summed E-state index contributed by atoms with van der Waals surface area (Å²) in [6, 6.07) is 4.62. The molecule has 0 saturated carbocycles. The second kappa shape index (κ2) is 6.23. The predicted molar refractivity (Wildman–Crippen MR) is 80.3 cm³/mol. The van der Waals surface area contributed by atoms with Gasteiger partial charge in [0.2, 0.25) is 5.91 Å². The summed E-state index contributed by atoms with van der Waals surface area (Å²) in [6.07, 6.45) is 1.63. The first-order chi connectivity index (χ1) is 9.06. The van der Waals surface area contributed by atoms with Crippen LogP contribution in [0.15, 0.2) is 29.8 Å². The van der Waals surface area contributed by atoms with Crippen LogP contribution in [0.4, 0.5) is 10.8 Å². The molecule has 2 aromatic rings. The minimum Gasteiger partial charge on any atom is -0.373 e. The number of halogens is 2. The Morgan fingerprint density at radius 1 is 1.42 bits per heavy atom. The number of rotatable bonds is 4. The minimum absolute atomic E-state index is 0.180. The van der Waals surface area contributed by atoms with Gasteiger partial charge in [0.1, 0.15) is 6.04 Å². The molecule has 0 saturated heterocycles. The predicted octanol–water partition coefficient (Wildman–Crippen LogP) is 3.89. The third-order valence-corrected chi connectivity index (χ3v) is 3.60. The molecule has 0 aliphatic rings. The van der Waals surface area contributed by atoms with Crippen molar-refractivity contribution in [2.24, 2.45) is 0 Å². The maximum absolute atomic E-state index is 11.9. The zero-order valence-electron chi connectivity index (χ0n) is 9.98. The van der Waals surface area contributed by atoms with E-state index in [-0.39, 0.29) is 5.91 Å². The van der Waals surface area contributed by atoms with Crippen LogP contribution in [-0.2, 0) is 4.79 Å².